The molecule has 0 aliphatic carbocycles. The van der Waals surface area contributed by atoms with Gasteiger partial charge in [0.2, 0.25) is 11.1 Å². The molecule has 3 N–H and O–H groups in total. The summed E-state index contributed by atoms with van der Waals surface area (Å²) in [5.74, 6) is 9.50. The number of benzene rings is 1. The number of nitrogens with zero attached hydrogens (tertiary/aromatic N) is 3. The number of ether oxygens (including phenoxy) is 1. The van der Waals surface area contributed by atoms with Crippen molar-refractivity contribution in [2.75, 3.05) is 18.1 Å². The maximum absolute atomic E-state index is 11.5. The van der Waals surface area contributed by atoms with Gasteiger partial charge in [-0.05, 0) is 25.5 Å². The summed E-state index contributed by atoms with van der Waals surface area (Å²) in [6, 6.07) is 5.93. The van der Waals surface area contributed by atoms with Gasteiger partial charge in [0, 0.05) is 0 Å². The van der Waals surface area contributed by atoms with Crippen molar-refractivity contribution in [2.45, 2.75) is 25.6 Å². The first-order valence-corrected chi connectivity index (χ1v) is 8.22. The summed E-state index contributed by atoms with van der Waals surface area (Å²) in [4.78, 5) is 11.5. The van der Waals surface area contributed by atoms with E-state index < -0.39 is 0 Å². The van der Waals surface area contributed by atoms with Crippen LogP contribution in [0.3, 0.4) is 0 Å². The average molecular weight is 345 g/mol. The van der Waals surface area contributed by atoms with Crippen LogP contribution in [-0.4, -0.2) is 33.1 Å². The first kappa shape index (κ1) is 17.7. The molecular weight excluding hydrogens is 326 g/mol. The molecule has 1 amide bonds. The standard InChI is InChI=1S/C16H19N5O2S/c1-4-7-18-15(22)10-24-16-20-19-14(21(16)17)9-23-13-6-5-11(2)8-12(13)3/h1,5-6,8H,7,9-10,17H2,2-3H3,(H,18,22). The van der Waals surface area contributed by atoms with Crippen molar-refractivity contribution in [3.05, 3.63) is 35.2 Å². The molecule has 0 spiro atoms. The number of carbonyl (C=O) groups excluding carboxylic acids is 1. The Balaban J connectivity index is 1.92. The normalized spacial score (nSPS) is 10.2. The summed E-state index contributed by atoms with van der Waals surface area (Å²) in [5, 5.41) is 11.0. The van der Waals surface area contributed by atoms with Gasteiger partial charge in [-0.15, -0.1) is 16.6 Å². The molecule has 0 atom stereocenters. The van der Waals surface area contributed by atoms with Crippen LogP contribution >= 0.6 is 11.8 Å². The molecule has 0 bridgehead atoms. The summed E-state index contributed by atoms with van der Waals surface area (Å²) >= 11 is 1.18. The molecule has 0 aliphatic rings. The summed E-state index contributed by atoms with van der Waals surface area (Å²) in [6.07, 6.45) is 5.08. The fraction of sp³-hybridized carbons (Fsp3) is 0.312. The van der Waals surface area contributed by atoms with Crippen LogP contribution < -0.4 is 15.9 Å². The SMILES string of the molecule is C#CCNC(=O)CSc1nnc(COc2ccc(C)cc2C)n1N. The number of nitrogen functional groups attached to an aromatic ring is 1. The molecule has 0 radical (unpaired) electrons. The number of amides is 1. The number of terminal acetylenes is 1. The predicted molar refractivity (Wildman–Crippen MR) is 93.0 cm³/mol. The first-order chi connectivity index (χ1) is 11.5. The third-order valence-corrected chi connectivity index (χ3v) is 4.09. The Bertz CT molecular complexity index is 766. The van der Waals surface area contributed by atoms with Gasteiger partial charge in [0.1, 0.15) is 12.4 Å². The molecule has 8 heteroatoms. The highest BCUT2D eigenvalue weighted by atomic mass is 32.2. The molecule has 24 heavy (non-hydrogen) atoms. The Morgan fingerprint density at radius 2 is 2.25 bits per heavy atom. The molecule has 0 fully saturated rings. The minimum Gasteiger partial charge on any atom is -0.485 e. The van der Waals surface area contributed by atoms with Gasteiger partial charge < -0.3 is 15.9 Å². The van der Waals surface area contributed by atoms with E-state index in [1.807, 2.05) is 32.0 Å². The maximum atomic E-state index is 11.5. The minimum absolute atomic E-state index is 0.162. The van der Waals surface area contributed by atoms with Crippen molar-refractivity contribution in [1.82, 2.24) is 20.2 Å². The van der Waals surface area contributed by atoms with Crippen LogP contribution in [0.15, 0.2) is 23.4 Å². The van der Waals surface area contributed by atoms with Gasteiger partial charge >= 0.3 is 0 Å². The van der Waals surface area contributed by atoms with E-state index in [4.69, 9.17) is 17.0 Å². The van der Waals surface area contributed by atoms with E-state index in [1.54, 1.807) is 0 Å². The van der Waals surface area contributed by atoms with Crippen molar-refractivity contribution in [3.8, 4) is 18.1 Å². The number of aromatic nitrogens is 3. The second-order valence-electron chi connectivity index (χ2n) is 5.10. The fourth-order valence-corrected chi connectivity index (χ4v) is 2.64. The molecule has 1 aromatic carbocycles. The molecular formula is C16H19N5O2S. The van der Waals surface area contributed by atoms with Crippen molar-refractivity contribution >= 4 is 17.7 Å². The number of thioether (sulfide) groups is 1. The van der Waals surface area contributed by atoms with E-state index in [9.17, 15) is 4.79 Å². The zero-order valence-electron chi connectivity index (χ0n) is 13.6. The smallest absolute Gasteiger partial charge is 0.231 e. The lowest BCUT2D eigenvalue weighted by Gasteiger charge is -2.09. The molecule has 126 valence electrons. The summed E-state index contributed by atoms with van der Waals surface area (Å²) in [5.41, 5.74) is 2.21. The third-order valence-electron chi connectivity index (χ3n) is 3.14. The maximum Gasteiger partial charge on any atom is 0.231 e. The van der Waals surface area contributed by atoms with Gasteiger partial charge in [-0.1, -0.05) is 35.4 Å². The monoisotopic (exact) mass is 345 g/mol. The van der Waals surface area contributed by atoms with Crippen LogP contribution in [0.5, 0.6) is 5.75 Å². The largest absolute Gasteiger partial charge is 0.485 e. The first-order valence-electron chi connectivity index (χ1n) is 7.23. The van der Waals surface area contributed by atoms with E-state index in [0.717, 1.165) is 11.3 Å². The molecule has 1 aromatic heterocycles. The second kappa shape index (κ2) is 8.26. The van der Waals surface area contributed by atoms with Gasteiger partial charge in [0.05, 0.1) is 12.3 Å². The number of nitrogens with one attached hydrogen (secondary N) is 1. The summed E-state index contributed by atoms with van der Waals surface area (Å²) in [6.45, 7) is 4.39. The van der Waals surface area contributed by atoms with E-state index in [1.165, 1.54) is 22.0 Å². The Morgan fingerprint density at radius 1 is 1.46 bits per heavy atom. The number of nitrogens with two attached hydrogens (primary N) is 1. The van der Waals surface area contributed by atoms with Gasteiger partial charge in [-0.2, -0.15) is 0 Å². The molecule has 0 saturated carbocycles. The number of carbonyl (C=O) groups is 1. The Labute approximate surface area is 144 Å². The molecule has 0 aliphatic heterocycles. The lowest BCUT2D eigenvalue weighted by molar-refractivity contribution is -0.118. The van der Waals surface area contributed by atoms with E-state index in [2.05, 4.69) is 21.4 Å². The zero-order chi connectivity index (χ0) is 17.5. The minimum atomic E-state index is -0.186. The van der Waals surface area contributed by atoms with Crippen LogP contribution in [0.1, 0.15) is 17.0 Å². The van der Waals surface area contributed by atoms with Gasteiger partial charge in [0.25, 0.3) is 0 Å². The highest BCUT2D eigenvalue weighted by Crippen LogP contribution is 2.20. The summed E-state index contributed by atoms with van der Waals surface area (Å²) in [7, 11) is 0. The molecule has 0 saturated heterocycles. The van der Waals surface area contributed by atoms with Gasteiger partial charge in [-0.25, -0.2) is 4.68 Å². The predicted octanol–water partition coefficient (Wildman–Crippen LogP) is 1.03. The van der Waals surface area contributed by atoms with Gasteiger partial charge in [0.15, 0.2) is 5.82 Å². The molecule has 2 rings (SSSR count). The van der Waals surface area contributed by atoms with Crippen LogP contribution in [0.4, 0.5) is 0 Å². The van der Waals surface area contributed by atoms with E-state index in [-0.39, 0.29) is 24.8 Å². The summed E-state index contributed by atoms with van der Waals surface area (Å²) < 4.78 is 7.06. The Hall–Kier alpha value is -2.66. The van der Waals surface area contributed by atoms with Gasteiger partial charge in [-0.3, -0.25) is 4.79 Å². The molecule has 1 heterocycles. The highest BCUT2D eigenvalue weighted by Gasteiger charge is 2.13. The molecule has 0 unspecified atom stereocenters. The van der Waals surface area contributed by atoms with Crippen molar-refractivity contribution in [3.63, 3.8) is 0 Å². The van der Waals surface area contributed by atoms with E-state index >= 15 is 0 Å². The van der Waals surface area contributed by atoms with Crippen LogP contribution in [0.25, 0.3) is 0 Å². The highest BCUT2D eigenvalue weighted by molar-refractivity contribution is 7.99. The fourth-order valence-electron chi connectivity index (χ4n) is 1.94. The second-order valence-corrected chi connectivity index (χ2v) is 6.04. The number of aryl methyl sites for hydroxylation is 2. The molecule has 2 aromatic rings. The zero-order valence-corrected chi connectivity index (χ0v) is 14.4. The Morgan fingerprint density at radius 3 is 2.96 bits per heavy atom. The lowest BCUT2D eigenvalue weighted by atomic mass is 10.1. The Kier molecular flexibility index (Phi) is 6.09. The quantitative estimate of drug-likeness (QED) is 0.442. The number of rotatable bonds is 7. The topological polar surface area (TPSA) is 95.1 Å². The third kappa shape index (κ3) is 4.67. The number of hydrogen-bond donors (Lipinski definition) is 2. The van der Waals surface area contributed by atoms with Crippen molar-refractivity contribution in [1.29, 1.82) is 0 Å². The lowest BCUT2D eigenvalue weighted by Crippen LogP contribution is -2.25. The van der Waals surface area contributed by atoms with E-state index in [0.29, 0.717) is 11.0 Å². The number of hydrogen-bond acceptors (Lipinski definition) is 6. The molecule has 7 nitrogen and oxygen atoms in total. The van der Waals surface area contributed by atoms with Crippen molar-refractivity contribution in [2.24, 2.45) is 0 Å². The van der Waals surface area contributed by atoms with Crippen molar-refractivity contribution < 1.29 is 9.53 Å². The van der Waals surface area contributed by atoms with Crippen LogP contribution in [0.2, 0.25) is 0 Å². The average Bonchev–Trinajstić information content (AvgIpc) is 2.90. The van der Waals surface area contributed by atoms with Crippen LogP contribution in [-0.2, 0) is 11.4 Å². The van der Waals surface area contributed by atoms with Crippen LogP contribution in [0, 0.1) is 26.2 Å².